The molecule has 1 aliphatic heterocycles. The highest BCUT2D eigenvalue weighted by molar-refractivity contribution is 5.99. The Morgan fingerprint density at radius 2 is 1.90 bits per heavy atom. The number of carbonyl (C=O) groups is 2. The largest absolute Gasteiger partial charge is 0.480 e. The molecule has 120 valence electrons. The molecule has 6 heteroatoms. The number of esters is 1. The first-order valence-electron chi connectivity index (χ1n) is 7.73. The maximum absolute atomic E-state index is 12.3. The second kappa shape index (κ2) is 7.22. The predicted octanol–water partition coefficient (Wildman–Crippen LogP) is 1.14. The highest BCUT2D eigenvalue weighted by Gasteiger charge is 2.53. The molecule has 0 aromatic heterocycles. The van der Waals surface area contributed by atoms with Gasteiger partial charge in [0.25, 0.3) is 0 Å². The Morgan fingerprint density at radius 1 is 1.29 bits per heavy atom. The topological polar surface area (TPSA) is 76.1 Å². The summed E-state index contributed by atoms with van der Waals surface area (Å²) in [4.78, 5) is 26.4. The van der Waals surface area contributed by atoms with Crippen molar-refractivity contribution in [1.29, 1.82) is 0 Å². The van der Waals surface area contributed by atoms with Crippen molar-refractivity contribution in [2.75, 3.05) is 40.0 Å². The Kier molecular flexibility index (Phi) is 5.58. The summed E-state index contributed by atoms with van der Waals surface area (Å²) < 4.78 is 10.2. The van der Waals surface area contributed by atoms with E-state index in [2.05, 4.69) is 4.90 Å². The van der Waals surface area contributed by atoms with E-state index in [1.54, 1.807) is 0 Å². The van der Waals surface area contributed by atoms with Crippen LogP contribution < -0.4 is 0 Å². The van der Waals surface area contributed by atoms with E-state index in [-0.39, 0.29) is 5.92 Å². The first kappa shape index (κ1) is 16.2. The van der Waals surface area contributed by atoms with Crippen LogP contribution in [0.2, 0.25) is 0 Å². The number of methoxy groups -OCH3 is 1. The SMILES string of the molecule is COC(=O)C(CCN1CCOCC1)(C(=O)O)C1CCCC1. The van der Waals surface area contributed by atoms with Crippen molar-refractivity contribution in [2.45, 2.75) is 32.1 Å². The van der Waals surface area contributed by atoms with Gasteiger partial charge in [-0.3, -0.25) is 14.5 Å². The van der Waals surface area contributed by atoms with E-state index in [9.17, 15) is 14.7 Å². The molecule has 1 N–H and O–H groups in total. The van der Waals surface area contributed by atoms with Gasteiger partial charge in [0.1, 0.15) is 0 Å². The zero-order chi connectivity index (χ0) is 15.3. The van der Waals surface area contributed by atoms with Gasteiger partial charge in [-0.2, -0.15) is 0 Å². The maximum Gasteiger partial charge on any atom is 0.323 e. The average molecular weight is 299 g/mol. The molecule has 6 nitrogen and oxygen atoms in total. The molecule has 2 rings (SSSR count). The highest BCUT2D eigenvalue weighted by Crippen LogP contribution is 2.44. The van der Waals surface area contributed by atoms with Crippen LogP contribution in [0.5, 0.6) is 0 Å². The van der Waals surface area contributed by atoms with Crippen molar-refractivity contribution < 1.29 is 24.2 Å². The van der Waals surface area contributed by atoms with E-state index in [1.165, 1.54) is 7.11 Å². The number of nitrogens with zero attached hydrogens (tertiary/aromatic N) is 1. The maximum atomic E-state index is 12.3. The summed E-state index contributed by atoms with van der Waals surface area (Å²) in [6, 6.07) is 0. The van der Waals surface area contributed by atoms with Crippen LogP contribution in [0.25, 0.3) is 0 Å². The lowest BCUT2D eigenvalue weighted by Gasteiger charge is -2.35. The molecule has 1 atom stereocenters. The first-order valence-corrected chi connectivity index (χ1v) is 7.73. The monoisotopic (exact) mass is 299 g/mol. The number of hydrogen-bond acceptors (Lipinski definition) is 5. The van der Waals surface area contributed by atoms with Crippen LogP contribution in [0.1, 0.15) is 32.1 Å². The minimum absolute atomic E-state index is 0.108. The lowest BCUT2D eigenvalue weighted by molar-refractivity contribution is -0.173. The quantitative estimate of drug-likeness (QED) is 0.585. The van der Waals surface area contributed by atoms with Crippen LogP contribution in [-0.4, -0.2) is 61.9 Å². The third-order valence-corrected chi connectivity index (χ3v) is 4.91. The molecule has 21 heavy (non-hydrogen) atoms. The number of carboxylic acids is 1. The predicted molar refractivity (Wildman–Crippen MR) is 75.9 cm³/mol. The summed E-state index contributed by atoms with van der Waals surface area (Å²) in [6.07, 6.45) is 3.90. The van der Waals surface area contributed by atoms with Crippen LogP contribution in [0.4, 0.5) is 0 Å². The summed E-state index contributed by atoms with van der Waals surface area (Å²) in [6.45, 7) is 3.52. The molecule has 0 radical (unpaired) electrons. The minimum Gasteiger partial charge on any atom is -0.480 e. The smallest absolute Gasteiger partial charge is 0.323 e. The van der Waals surface area contributed by atoms with Crippen LogP contribution >= 0.6 is 0 Å². The van der Waals surface area contributed by atoms with E-state index in [0.717, 1.165) is 38.8 Å². The van der Waals surface area contributed by atoms with Gasteiger partial charge in [0.2, 0.25) is 0 Å². The van der Waals surface area contributed by atoms with Gasteiger partial charge in [0.05, 0.1) is 20.3 Å². The van der Waals surface area contributed by atoms with Gasteiger partial charge < -0.3 is 14.6 Å². The van der Waals surface area contributed by atoms with E-state index >= 15 is 0 Å². The molecule has 2 fully saturated rings. The first-order chi connectivity index (χ1) is 10.1. The Morgan fingerprint density at radius 3 is 2.43 bits per heavy atom. The zero-order valence-corrected chi connectivity index (χ0v) is 12.7. The zero-order valence-electron chi connectivity index (χ0n) is 12.7. The van der Waals surface area contributed by atoms with Crippen molar-refractivity contribution >= 4 is 11.9 Å². The van der Waals surface area contributed by atoms with Gasteiger partial charge in [0, 0.05) is 19.6 Å². The third kappa shape index (κ3) is 3.37. The Balaban J connectivity index is 2.12. The third-order valence-electron chi connectivity index (χ3n) is 4.91. The van der Waals surface area contributed by atoms with Crippen molar-refractivity contribution in [3.05, 3.63) is 0 Å². The van der Waals surface area contributed by atoms with Crippen LogP contribution in [0.15, 0.2) is 0 Å². The number of hydrogen-bond donors (Lipinski definition) is 1. The Hall–Kier alpha value is -1.14. The van der Waals surface area contributed by atoms with Gasteiger partial charge in [-0.15, -0.1) is 0 Å². The molecule has 1 heterocycles. The Labute approximate surface area is 125 Å². The number of rotatable bonds is 6. The van der Waals surface area contributed by atoms with Gasteiger partial charge in [-0.1, -0.05) is 12.8 Å². The molecule has 1 unspecified atom stereocenters. The molecule has 0 aromatic rings. The molecule has 0 bridgehead atoms. The molecule has 1 aliphatic carbocycles. The van der Waals surface area contributed by atoms with Crippen LogP contribution in [0, 0.1) is 11.3 Å². The number of carbonyl (C=O) groups excluding carboxylic acids is 1. The van der Waals surface area contributed by atoms with E-state index in [4.69, 9.17) is 9.47 Å². The van der Waals surface area contributed by atoms with Crippen molar-refractivity contribution in [1.82, 2.24) is 4.90 Å². The number of aliphatic carboxylic acids is 1. The van der Waals surface area contributed by atoms with Crippen LogP contribution in [0.3, 0.4) is 0 Å². The summed E-state index contributed by atoms with van der Waals surface area (Å²) in [5.74, 6) is -1.73. The molecule has 1 saturated heterocycles. The van der Waals surface area contributed by atoms with Gasteiger partial charge in [-0.25, -0.2) is 0 Å². The van der Waals surface area contributed by atoms with Gasteiger partial charge >= 0.3 is 11.9 Å². The fourth-order valence-corrected chi connectivity index (χ4v) is 3.60. The molecule has 0 amide bonds. The Bertz CT molecular complexity index is 374. The number of ether oxygens (including phenoxy) is 2. The van der Waals surface area contributed by atoms with E-state index in [0.29, 0.717) is 26.2 Å². The molecule has 0 spiro atoms. The molecule has 0 aromatic carbocycles. The summed E-state index contributed by atoms with van der Waals surface area (Å²) in [5, 5.41) is 9.77. The molecule has 1 saturated carbocycles. The molecular weight excluding hydrogens is 274 g/mol. The standard InChI is InChI=1S/C15H25NO5/c1-20-14(19)15(13(17)18,12-4-2-3-5-12)6-7-16-8-10-21-11-9-16/h12H,2-11H2,1H3,(H,17,18). The molecular formula is C15H25NO5. The normalized spacial score (nSPS) is 23.7. The van der Waals surface area contributed by atoms with Crippen LogP contribution in [-0.2, 0) is 19.1 Å². The fraction of sp³-hybridized carbons (Fsp3) is 0.867. The highest BCUT2D eigenvalue weighted by atomic mass is 16.5. The summed E-state index contributed by atoms with van der Waals surface area (Å²) >= 11 is 0. The van der Waals surface area contributed by atoms with E-state index < -0.39 is 17.4 Å². The van der Waals surface area contributed by atoms with Crippen molar-refractivity contribution in [2.24, 2.45) is 11.3 Å². The van der Waals surface area contributed by atoms with Crippen molar-refractivity contribution in [3.8, 4) is 0 Å². The second-order valence-corrected chi connectivity index (χ2v) is 5.95. The average Bonchev–Trinajstić information content (AvgIpc) is 3.03. The second-order valence-electron chi connectivity index (χ2n) is 5.95. The number of carboxylic acid groups (broad SMARTS) is 1. The van der Waals surface area contributed by atoms with Gasteiger partial charge in [-0.05, 0) is 25.2 Å². The fourth-order valence-electron chi connectivity index (χ4n) is 3.60. The lowest BCUT2D eigenvalue weighted by atomic mass is 9.71. The van der Waals surface area contributed by atoms with Crippen molar-refractivity contribution in [3.63, 3.8) is 0 Å². The minimum atomic E-state index is -1.39. The lowest BCUT2D eigenvalue weighted by Crippen LogP contribution is -2.49. The van der Waals surface area contributed by atoms with E-state index in [1.807, 2.05) is 0 Å². The van der Waals surface area contributed by atoms with Gasteiger partial charge in [0.15, 0.2) is 5.41 Å². The summed E-state index contributed by atoms with van der Waals surface area (Å²) in [7, 11) is 1.28. The number of morpholine rings is 1. The molecule has 2 aliphatic rings. The summed E-state index contributed by atoms with van der Waals surface area (Å²) in [5.41, 5.74) is -1.39.